The number of ether oxygens (including phenoxy) is 1. The van der Waals surface area contributed by atoms with Gasteiger partial charge >= 0.3 is 0 Å². The molecule has 1 atom stereocenters. The van der Waals surface area contributed by atoms with Crippen molar-refractivity contribution in [3.63, 3.8) is 0 Å². The summed E-state index contributed by atoms with van der Waals surface area (Å²) >= 11 is 0. The van der Waals surface area contributed by atoms with Gasteiger partial charge in [0.1, 0.15) is 12.4 Å². The Morgan fingerprint density at radius 3 is 2.85 bits per heavy atom. The molecule has 0 saturated carbocycles. The smallest absolute Gasteiger partial charge is 0.255 e. The van der Waals surface area contributed by atoms with Crippen molar-refractivity contribution in [2.75, 3.05) is 6.61 Å². The molecule has 0 radical (unpaired) electrons. The van der Waals surface area contributed by atoms with Gasteiger partial charge in [0.25, 0.3) is 5.91 Å². The number of nitrogens with one attached hydrogen (secondary N) is 1. The summed E-state index contributed by atoms with van der Waals surface area (Å²) in [6.45, 7) is 5.73. The van der Waals surface area contributed by atoms with Crippen LogP contribution in [0.15, 0.2) is 42.7 Å². The molecule has 3 aromatic heterocycles. The third kappa shape index (κ3) is 4.09. The summed E-state index contributed by atoms with van der Waals surface area (Å²) in [5, 5.41) is 16.9. The molecule has 27 heavy (non-hydrogen) atoms. The number of aryl methyl sites for hydroxylation is 1. The predicted octanol–water partition coefficient (Wildman–Crippen LogP) is 2.51. The molecule has 142 valence electrons. The maximum atomic E-state index is 12.8. The van der Waals surface area contributed by atoms with Crippen LogP contribution in [0.2, 0.25) is 0 Å². The number of aliphatic hydroxyl groups excluding tert-OH is 1. The third-order valence-corrected chi connectivity index (χ3v) is 4.67. The van der Waals surface area contributed by atoms with E-state index in [1.807, 2.05) is 32.0 Å². The average molecular weight is 368 g/mol. The van der Waals surface area contributed by atoms with E-state index in [0.717, 1.165) is 5.69 Å². The molecule has 0 bridgehead atoms. The van der Waals surface area contributed by atoms with Crippen LogP contribution in [0.4, 0.5) is 0 Å². The number of hydrogen-bond donors (Lipinski definition) is 2. The fourth-order valence-corrected chi connectivity index (χ4v) is 2.73. The molecule has 1 unspecified atom stereocenters. The highest BCUT2D eigenvalue weighted by Gasteiger charge is 2.27. The minimum absolute atomic E-state index is 0.133. The lowest BCUT2D eigenvalue weighted by molar-refractivity contribution is 0.0848. The number of hydrogen-bond acceptors (Lipinski definition) is 5. The van der Waals surface area contributed by atoms with E-state index in [9.17, 15) is 9.90 Å². The van der Waals surface area contributed by atoms with Crippen molar-refractivity contribution in [3.8, 4) is 5.75 Å². The molecule has 0 aliphatic heterocycles. The van der Waals surface area contributed by atoms with Gasteiger partial charge in [0.05, 0.1) is 34.6 Å². The van der Waals surface area contributed by atoms with Crippen LogP contribution in [-0.2, 0) is 6.61 Å². The number of amides is 1. The van der Waals surface area contributed by atoms with Gasteiger partial charge in [-0.15, -0.1) is 0 Å². The van der Waals surface area contributed by atoms with Crippen LogP contribution >= 0.6 is 0 Å². The van der Waals surface area contributed by atoms with Gasteiger partial charge in [-0.3, -0.25) is 9.78 Å². The first-order valence-electron chi connectivity index (χ1n) is 8.91. The van der Waals surface area contributed by atoms with E-state index in [1.165, 1.54) is 0 Å². The van der Waals surface area contributed by atoms with Crippen LogP contribution in [0.25, 0.3) is 5.52 Å². The maximum Gasteiger partial charge on any atom is 0.255 e. The summed E-state index contributed by atoms with van der Waals surface area (Å²) in [6, 6.07) is 9.24. The fraction of sp³-hybridized carbons (Fsp3) is 0.350. The summed E-state index contributed by atoms with van der Waals surface area (Å²) in [5.41, 5.74) is 1.89. The SMILES string of the molecule is CCC(C)(CO)NC(=O)c1c(C)nn2ccc(OCc3ccccn3)cc12. The standard InChI is InChI=1S/C20H24N4O3/c1-4-20(3,13-25)22-19(26)18-14(2)23-24-10-8-16(11-17(18)24)27-12-15-7-5-6-9-21-15/h5-11,25H,4,12-13H2,1-3H3,(H,22,26). The minimum Gasteiger partial charge on any atom is -0.487 e. The number of aromatic nitrogens is 3. The molecule has 3 rings (SSSR count). The van der Waals surface area contributed by atoms with Gasteiger partial charge in [-0.25, -0.2) is 4.52 Å². The highest BCUT2D eigenvalue weighted by molar-refractivity contribution is 6.02. The predicted molar refractivity (Wildman–Crippen MR) is 102 cm³/mol. The zero-order valence-electron chi connectivity index (χ0n) is 15.8. The molecule has 0 spiro atoms. The summed E-state index contributed by atoms with van der Waals surface area (Å²) in [4.78, 5) is 17.1. The van der Waals surface area contributed by atoms with E-state index >= 15 is 0 Å². The second-order valence-corrected chi connectivity index (χ2v) is 6.79. The number of fused-ring (bicyclic) bond motifs is 1. The van der Waals surface area contributed by atoms with Crippen molar-refractivity contribution in [2.45, 2.75) is 39.3 Å². The summed E-state index contributed by atoms with van der Waals surface area (Å²) < 4.78 is 7.46. The second kappa shape index (κ2) is 7.75. The van der Waals surface area contributed by atoms with E-state index in [0.29, 0.717) is 35.6 Å². The third-order valence-electron chi connectivity index (χ3n) is 4.67. The first kappa shape index (κ1) is 18.8. The molecule has 2 N–H and O–H groups in total. The van der Waals surface area contributed by atoms with Crippen molar-refractivity contribution >= 4 is 11.4 Å². The van der Waals surface area contributed by atoms with E-state index < -0.39 is 5.54 Å². The van der Waals surface area contributed by atoms with E-state index in [2.05, 4.69) is 15.4 Å². The molecule has 7 nitrogen and oxygen atoms in total. The largest absolute Gasteiger partial charge is 0.487 e. The van der Waals surface area contributed by atoms with Crippen LogP contribution in [0.1, 0.15) is 42.0 Å². The lowest BCUT2D eigenvalue weighted by Gasteiger charge is -2.27. The summed E-state index contributed by atoms with van der Waals surface area (Å²) in [7, 11) is 0. The molecule has 3 aromatic rings. The molecule has 7 heteroatoms. The van der Waals surface area contributed by atoms with E-state index in [-0.39, 0.29) is 12.5 Å². The van der Waals surface area contributed by atoms with Crippen molar-refractivity contribution < 1.29 is 14.6 Å². The molecular weight excluding hydrogens is 344 g/mol. The van der Waals surface area contributed by atoms with Crippen LogP contribution < -0.4 is 10.1 Å². The van der Waals surface area contributed by atoms with E-state index in [4.69, 9.17) is 4.74 Å². The Balaban J connectivity index is 1.87. The van der Waals surface area contributed by atoms with Gasteiger partial charge in [0, 0.05) is 18.5 Å². The van der Waals surface area contributed by atoms with Gasteiger partial charge in [-0.1, -0.05) is 13.0 Å². The van der Waals surface area contributed by atoms with E-state index in [1.54, 1.807) is 36.0 Å². The van der Waals surface area contributed by atoms with Gasteiger partial charge in [-0.2, -0.15) is 5.10 Å². The van der Waals surface area contributed by atoms with Crippen molar-refractivity contribution in [1.29, 1.82) is 0 Å². The Morgan fingerprint density at radius 2 is 2.19 bits per heavy atom. The van der Waals surface area contributed by atoms with Gasteiger partial charge in [0.2, 0.25) is 0 Å². The van der Waals surface area contributed by atoms with Crippen LogP contribution in [0.3, 0.4) is 0 Å². The summed E-state index contributed by atoms with van der Waals surface area (Å²) in [6.07, 6.45) is 4.10. The highest BCUT2D eigenvalue weighted by atomic mass is 16.5. The lowest BCUT2D eigenvalue weighted by atomic mass is 9.99. The Bertz CT molecular complexity index is 933. The molecular formula is C20H24N4O3. The van der Waals surface area contributed by atoms with Crippen LogP contribution in [0.5, 0.6) is 5.75 Å². The molecule has 3 heterocycles. The lowest BCUT2D eigenvalue weighted by Crippen LogP contribution is -2.48. The second-order valence-electron chi connectivity index (χ2n) is 6.79. The normalized spacial score (nSPS) is 13.3. The first-order chi connectivity index (χ1) is 13.0. The number of aliphatic hydroxyl groups is 1. The zero-order valence-corrected chi connectivity index (χ0v) is 15.8. The van der Waals surface area contributed by atoms with Crippen molar-refractivity contribution in [3.05, 3.63) is 59.7 Å². The maximum absolute atomic E-state index is 12.8. The quantitative estimate of drug-likeness (QED) is 0.669. The van der Waals surface area contributed by atoms with Gasteiger partial charge < -0.3 is 15.2 Å². The molecule has 0 aliphatic rings. The Hall–Kier alpha value is -2.93. The average Bonchev–Trinajstić information content (AvgIpc) is 3.02. The number of carbonyl (C=O) groups is 1. The highest BCUT2D eigenvalue weighted by Crippen LogP contribution is 2.22. The molecule has 0 fully saturated rings. The number of nitrogens with zero attached hydrogens (tertiary/aromatic N) is 3. The Kier molecular flexibility index (Phi) is 5.41. The molecule has 0 aromatic carbocycles. The van der Waals surface area contributed by atoms with Gasteiger partial charge in [-0.05, 0) is 38.5 Å². The zero-order chi connectivity index (χ0) is 19.4. The molecule has 0 saturated heterocycles. The Labute approximate surface area is 158 Å². The van der Waals surface area contributed by atoms with Crippen LogP contribution in [-0.4, -0.2) is 37.8 Å². The molecule has 0 aliphatic carbocycles. The summed E-state index contributed by atoms with van der Waals surface area (Å²) in [5.74, 6) is 0.366. The number of carbonyl (C=O) groups excluding carboxylic acids is 1. The van der Waals surface area contributed by atoms with Gasteiger partial charge in [0.15, 0.2) is 0 Å². The topological polar surface area (TPSA) is 88.8 Å². The number of rotatable bonds is 7. The Morgan fingerprint density at radius 1 is 1.37 bits per heavy atom. The van der Waals surface area contributed by atoms with Crippen LogP contribution in [0, 0.1) is 6.92 Å². The first-order valence-corrected chi connectivity index (χ1v) is 8.91. The fourth-order valence-electron chi connectivity index (χ4n) is 2.73. The minimum atomic E-state index is -0.676. The van der Waals surface area contributed by atoms with Crippen molar-refractivity contribution in [1.82, 2.24) is 19.9 Å². The van der Waals surface area contributed by atoms with Crippen molar-refractivity contribution in [2.24, 2.45) is 0 Å². The number of pyridine rings is 2. The monoisotopic (exact) mass is 368 g/mol. The molecule has 1 amide bonds.